The average Bonchev–Trinajstić information content (AvgIpc) is 3.00. The summed E-state index contributed by atoms with van der Waals surface area (Å²) >= 11 is 0. The standard InChI is InChI=1S/C11H15N3O/c12-8-11(6-7-11)14-10(15)13-9-4-2-1-3-5-9/h1-5H,6-8,12H2,(H2,13,14,15). The van der Waals surface area contributed by atoms with E-state index in [1.54, 1.807) is 0 Å². The fourth-order valence-corrected chi connectivity index (χ4v) is 1.46. The number of carbonyl (C=O) groups is 1. The summed E-state index contributed by atoms with van der Waals surface area (Å²) in [5.41, 5.74) is 6.22. The van der Waals surface area contributed by atoms with E-state index in [1.807, 2.05) is 30.3 Å². The molecule has 4 N–H and O–H groups in total. The zero-order valence-corrected chi connectivity index (χ0v) is 8.49. The smallest absolute Gasteiger partial charge is 0.319 e. The Morgan fingerprint density at radius 2 is 2.00 bits per heavy atom. The molecule has 1 aliphatic carbocycles. The van der Waals surface area contributed by atoms with Crippen LogP contribution in [0, 0.1) is 0 Å². The van der Waals surface area contributed by atoms with Gasteiger partial charge < -0.3 is 16.4 Å². The van der Waals surface area contributed by atoms with Crippen LogP contribution in [0.15, 0.2) is 30.3 Å². The molecule has 4 heteroatoms. The normalized spacial score (nSPS) is 16.9. The zero-order chi connectivity index (χ0) is 10.7. The first-order valence-electron chi connectivity index (χ1n) is 5.08. The van der Waals surface area contributed by atoms with E-state index in [0.717, 1.165) is 18.5 Å². The monoisotopic (exact) mass is 205 g/mol. The van der Waals surface area contributed by atoms with Crippen LogP contribution in [0.2, 0.25) is 0 Å². The Morgan fingerprint density at radius 1 is 1.33 bits per heavy atom. The first-order valence-corrected chi connectivity index (χ1v) is 5.08. The minimum atomic E-state index is -0.177. The lowest BCUT2D eigenvalue weighted by molar-refractivity contribution is 0.247. The number of benzene rings is 1. The summed E-state index contributed by atoms with van der Waals surface area (Å²) < 4.78 is 0. The molecule has 0 spiro atoms. The van der Waals surface area contributed by atoms with Crippen LogP contribution < -0.4 is 16.4 Å². The van der Waals surface area contributed by atoms with Crippen molar-refractivity contribution in [1.82, 2.24) is 5.32 Å². The summed E-state index contributed by atoms with van der Waals surface area (Å²) in [7, 11) is 0. The highest BCUT2D eigenvalue weighted by molar-refractivity contribution is 5.90. The van der Waals surface area contributed by atoms with Gasteiger partial charge in [-0.15, -0.1) is 0 Å². The van der Waals surface area contributed by atoms with Crippen molar-refractivity contribution in [2.45, 2.75) is 18.4 Å². The zero-order valence-electron chi connectivity index (χ0n) is 8.49. The van der Waals surface area contributed by atoms with Crippen molar-refractivity contribution < 1.29 is 4.79 Å². The van der Waals surface area contributed by atoms with Crippen molar-refractivity contribution in [3.63, 3.8) is 0 Å². The van der Waals surface area contributed by atoms with Crippen LogP contribution >= 0.6 is 0 Å². The van der Waals surface area contributed by atoms with Crippen molar-refractivity contribution >= 4 is 11.7 Å². The Bertz CT molecular complexity index is 346. The van der Waals surface area contributed by atoms with Crippen molar-refractivity contribution in [3.8, 4) is 0 Å². The Labute approximate surface area is 88.9 Å². The number of urea groups is 1. The summed E-state index contributed by atoms with van der Waals surface area (Å²) in [6.45, 7) is 0.509. The Kier molecular flexibility index (Phi) is 2.60. The molecule has 0 atom stereocenters. The lowest BCUT2D eigenvalue weighted by Gasteiger charge is -2.15. The molecule has 80 valence electrons. The van der Waals surface area contributed by atoms with Gasteiger partial charge in [0.2, 0.25) is 0 Å². The Hall–Kier alpha value is -1.55. The lowest BCUT2D eigenvalue weighted by Crippen LogP contribution is -2.44. The minimum Gasteiger partial charge on any atom is -0.331 e. The molecule has 1 fully saturated rings. The van der Waals surface area contributed by atoms with E-state index in [1.165, 1.54) is 0 Å². The predicted octanol–water partition coefficient (Wildman–Crippen LogP) is 1.30. The van der Waals surface area contributed by atoms with Gasteiger partial charge in [0.25, 0.3) is 0 Å². The van der Waals surface area contributed by atoms with Gasteiger partial charge in [0.05, 0.1) is 5.54 Å². The third-order valence-corrected chi connectivity index (χ3v) is 2.65. The van der Waals surface area contributed by atoms with Gasteiger partial charge in [-0.2, -0.15) is 0 Å². The van der Waals surface area contributed by atoms with Crippen molar-refractivity contribution in [1.29, 1.82) is 0 Å². The van der Waals surface area contributed by atoms with E-state index in [-0.39, 0.29) is 11.6 Å². The van der Waals surface area contributed by atoms with Gasteiger partial charge in [-0.25, -0.2) is 4.79 Å². The Morgan fingerprint density at radius 3 is 2.53 bits per heavy atom. The number of nitrogens with one attached hydrogen (secondary N) is 2. The molecule has 1 aliphatic rings. The number of anilines is 1. The molecular formula is C11H15N3O. The van der Waals surface area contributed by atoms with Gasteiger partial charge in [0.15, 0.2) is 0 Å². The van der Waals surface area contributed by atoms with Gasteiger partial charge in [0.1, 0.15) is 0 Å². The molecular weight excluding hydrogens is 190 g/mol. The highest BCUT2D eigenvalue weighted by Gasteiger charge is 2.42. The van der Waals surface area contributed by atoms with Gasteiger partial charge in [-0.1, -0.05) is 18.2 Å². The van der Waals surface area contributed by atoms with Crippen LogP contribution in [-0.4, -0.2) is 18.1 Å². The first kappa shape index (κ1) is 9.98. The molecule has 4 nitrogen and oxygen atoms in total. The van der Waals surface area contributed by atoms with Crippen LogP contribution in [0.1, 0.15) is 12.8 Å². The second-order valence-electron chi connectivity index (χ2n) is 3.93. The fraction of sp³-hybridized carbons (Fsp3) is 0.364. The van der Waals surface area contributed by atoms with Gasteiger partial charge in [-0.3, -0.25) is 0 Å². The largest absolute Gasteiger partial charge is 0.331 e. The highest BCUT2D eigenvalue weighted by atomic mass is 16.2. The second kappa shape index (κ2) is 3.90. The van der Waals surface area contributed by atoms with Crippen LogP contribution in [0.3, 0.4) is 0 Å². The van der Waals surface area contributed by atoms with E-state index >= 15 is 0 Å². The molecule has 2 amide bonds. The first-order chi connectivity index (χ1) is 7.24. The molecule has 1 saturated carbocycles. The van der Waals surface area contributed by atoms with Gasteiger partial charge >= 0.3 is 6.03 Å². The molecule has 0 aliphatic heterocycles. The number of carbonyl (C=O) groups excluding carboxylic acids is 1. The number of amides is 2. The second-order valence-corrected chi connectivity index (χ2v) is 3.93. The summed E-state index contributed by atoms with van der Waals surface area (Å²) in [5.74, 6) is 0. The maximum absolute atomic E-state index is 11.5. The molecule has 15 heavy (non-hydrogen) atoms. The number of rotatable bonds is 3. The number of hydrogen-bond acceptors (Lipinski definition) is 2. The summed E-state index contributed by atoms with van der Waals surface area (Å²) in [6, 6.07) is 9.19. The maximum Gasteiger partial charge on any atom is 0.319 e. The van der Waals surface area contributed by atoms with Gasteiger partial charge in [-0.05, 0) is 25.0 Å². The summed E-state index contributed by atoms with van der Waals surface area (Å²) in [6.07, 6.45) is 1.96. The molecule has 0 radical (unpaired) electrons. The predicted molar refractivity (Wildman–Crippen MR) is 59.6 cm³/mol. The molecule has 1 aromatic rings. The van der Waals surface area contributed by atoms with Crippen molar-refractivity contribution in [2.75, 3.05) is 11.9 Å². The third kappa shape index (κ3) is 2.47. The maximum atomic E-state index is 11.5. The van der Waals surface area contributed by atoms with Crippen LogP contribution in [0.4, 0.5) is 10.5 Å². The SMILES string of the molecule is NCC1(NC(=O)Nc2ccccc2)CC1. The molecule has 1 aromatic carbocycles. The molecule has 0 heterocycles. The highest BCUT2D eigenvalue weighted by Crippen LogP contribution is 2.33. The van der Waals surface area contributed by atoms with Crippen LogP contribution in [0.5, 0.6) is 0 Å². The van der Waals surface area contributed by atoms with E-state index < -0.39 is 0 Å². The third-order valence-electron chi connectivity index (χ3n) is 2.65. The summed E-state index contributed by atoms with van der Waals surface area (Å²) in [4.78, 5) is 11.5. The van der Waals surface area contributed by atoms with Crippen molar-refractivity contribution in [3.05, 3.63) is 30.3 Å². The van der Waals surface area contributed by atoms with Crippen molar-refractivity contribution in [2.24, 2.45) is 5.73 Å². The number of para-hydroxylation sites is 1. The van der Waals surface area contributed by atoms with E-state index in [2.05, 4.69) is 10.6 Å². The van der Waals surface area contributed by atoms with Gasteiger partial charge in [0, 0.05) is 12.2 Å². The van der Waals surface area contributed by atoms with E-state index in [0.29, 0.717) is 6.54 Å². The molecule has 2 rings (SSSR count). The minimum absolute atomic E-state index is 0.140. The number of hydrogen-bond donors (Lipinski definition) is 3. The Balaban J connectivity index is 1.88. The topological polar surface area (TPSA) is 67.1 Å². The summed E-state index contributed by atoms with van der Waals surface area (Å²) in [5, 5.41) is 5.66. The number of nitrogens with two attached hydrogens (primary N) is 1. The molecule has 0 saturated heterocycles. The van der Waals surface area contributed by atoms with E-state index in [4.69, 9.17) is 5.73 Å². The molecule has 0 aromatic heterocycles. The van der Waals surface area contributed by atoms with Crippen LogP contribution in [-0.2, 0) is 0 Å². The average molecular weight is 205 g/mol. The molecule has 0 bridgehead atoms. The van der Waals surface area contributed by atoms with Crippen LogP contribution in [0.25, 0.3) is 0 Å². The fourth-order valence-electron chi connectivity index (χ4n) is 1.46. The molecule has 0 unspecified atom stereocenters. The quantitative estimate of drug-likeness (QED) is 0.696. The van der Waals surface area contributed by atoms with E-state index in [9.17, 15) is 4.79 Å². The lowest BCUT2D eigenvalue weighted by atomic mass is 10.3.